The minimum Gasteiger partial charge on any atom is -0.493 e. The summed E-state index contributed by atoms with van der Waals surface area (Å²) in [6.45, 7) is 3.98. The lowest BCUT2D eigenvalue weighted by Gasteiger charge is -2.26. The van der Waals surface area contributed by atoms with Crippen LogP contribution >= 0.6 is 0 Å². The Bertz CT molecular complexity index is 903. The number of pyridine rings is 1. The number of nitrogen functional groups attached to an aromatic ring is 1. The molecule has 1 aliphatic heterocycles. The minimum atomic E-state index is 0.640. The molecule has 2 aromatic carbocycles. The van der Waals surface area contributed by atoms with Gasteiger partial charge in [0.05, 0.1) is 12.3 Å². The number of hydrogen-bond acceptors (Lipinski definition) is 4. The molecule has 0 saturated carbocycles. The molecular formula is C23H27N3O. The number of piperidine rings is 1. The number of aromatic nitrogens is 1. The maximum Gasteiger partial charge on any atom is 0.127 e. The molecule has 3 aromatic rings. The van der Waals surface area contributed by atoms with Crippen LogP contribution in [-0.2, 0) is 13.0 Å². The van der Waals surface area contributed by atoms with Gasteiger partial charge in [0, 0.05) is 35.6 Å². The van der Waals surface area contributed by atoms with Gasteiger partial charge in [0.15, 0.2) is 0 Å². The quantitative estimate of drug-likeness (QED) is 0.660. The lowest BCUT2D eigenvalue weighted by molar-refractivity contribution is 0.218. The predicted octanol–water partition coefficient (Wildman–Crippen LogP) is 4.42. The Morgan fingerprint density at radius 1 is 0.963 bits per heavy atom. The average molecular weight is 361 g/mol. The third kappa shape index (κ3) is 4.40. The zero-order valence-corrected chi connectivity index (χ0v) is 15.7. The molecule has 0 aliphatic carbocycles. The summed E-state index contributed by atoms with van der Waals surface area (Å²) < 4.78 is 6.08. The highest BCUT2D eigenvalue weighted by atomic mass is 16.5. The van der Waals surface area contributed by atoms with Crippen LogP contribution in [-0.4, -0.2) is 29.6 Å². The standard InChI is InChI=1S/C23H27N3O/c24-22-8-9-23(21-7-3-2-6-20(21)22)27-15-11-18-10-12-25-19(16-18)17-26-13-4-1-5-14-26/h2-3,6-10,12,16H,1,4-5,11,13-15,17,24H2. The fourth-order valence-electron chi connectivity index (χ4n) is 3.82. The molecule has 0 radical (unpaired) electrons. The van der Waals surface area contributed by atoms with Crippen molar-refractivity contribution in [2.45, 2.75) is 32.2 Å². The number of likely N-dealkylation sites (tertiary alicyclic amines) is 1. The second-order valence-corrected chi connectivity index (χ2v) is 7.29. The number of nitrogens with zero attached hydrogens (tertiary/aromatic N) is 2. The summed E-state index contributed by atoms with van der Waals surface area (Å²) in [5.74, 6) is 0.891. The molecule has 140 valence electrons. The molecule has 0 bridgehead atoms. The van der Waals surface area contributed by atoms with Crippen LogP contribution in [0, 0.1) is 0 Å². The summed E-state index contributed by atoms with van der Waals surface area (Å²) in [6, 6.07) is 16.3. The van der Waals surface area contributed by atoms with E-state index in [9.17, 15) is 0 Å². The van der Waals surface area contributed by atoms with Gasteiger partial charge in [0.2, 0.25) is 0 Å². The van der Waals surface area contributed by atoms with Crippen LogP contribution in [0.5, 0.6) is 5.75 Å². The van der Waals surface area contributed by atoms with Crippen LogP contribution in [0.15, 0.2) is 54.7 Å². The van der Waals surface area contributed by atoms with Crippen molar-refractivity contribution in [3.05, 3.63) is 66.0 Å². The van der Waals surface area contributed by atoms with Crippen molar-refractivity contribution in [3.8, 4) is 5.75 Å². The Hall–Kier alpha value is -2.59. The van der Waals surface area contributed by atoms with Crippen LogP contribution in [0.25, 0.3) is 10.8 Å². The van der Waals surface area contributed by atoms with E-state index in [2.05, 4.69) is 28.1 Å². The smallest absolute Gasteiger partial charge is 0.127 e. The number of fused-ring (bicyclic) bond motifs is 1. The zero-order chi connectivity index (χ0) is 18.5. The molecule has 0 amide bonds. The predicted molar refractivity (Wildman–Crippen MR) is 111 cm³/mol. The molecule has 27 heavy (non-hydrogen) atoms. The summed E-state index contributed by atoms with van der Waals surface area (Å²) in [7, 11) is 0. The van der Waals surface area contributed by atoms with Gasteiger partial charge in [-0.1, -0.05) is 30.7 Å². The van der Waals surface area contributed by atoms with Gasteiger partial charge in [-0.15, -0.1) is 0 Å². The molecule has 0 unspecified atom stereocenters. The van der Waals surface area contributed by atoms with Crippen molar-refractivity contribution in [2.75, 3.05) is 25.4 Å². The van der Waals surface area contributed by atoms with Crippen molar-refractivity contribution in [1.29, 1.82) is 0 Å². The molecule has 1 aromatic heterocycles. The number of benzene rings is 2. The topological polar surface area (TPSA) is 51.4 Å². The monoisotopic (exact) mass is 361 g/mol. The third-order valence-electron chi connectivity index (χ3n) is 5.28. The van der Waals surface area contributed by atoms with E-state index in [1.54, 1.807) is 0 Å². The Morgan fingerprint density at radius 3 is 2.63 bits per heavy atom. The molecule has 4 heteroatoms. The van der Waals surface area contributed by atoms with Crippen molar-refractivity contribution >= 4 is 16.5 Å². The SMILES string of the molecule is Nc1ccc(OCCc2ccnc(CN3CCCCC3)c2)c2ccccc12. The summed E-state index contributed by atoms with van der Waals surface area (Å²) in [5, 5.41) is 2.11. The molecule has 0 atom stereocenters. The van der Waals surface area contributed by atoms with Gasteiger partial charge in [0.25, 0.3) is 0 Å². The highest BCUT2D eigenvalue weighted by molar-refractivity contribution is 5.96. The number of nitrogens with two attached hydrogens (primary N) is 1. The van der Waals surface area contributed by atoms with Crippen LogP contribution in [0.1, 0.15) is 30.5 Å². The Kier molecular flexibility index (Phi) is 5.54. The van der Waals surface area contributed by atoms with Crippen LogP contribution < -0.4 is 10.5 Å². The molecule has 0 spiro atoms. The maximum absolute atomic E-state index is 6.08. The second-order valence-electron chi connectivity index (χ2n) is 7.29. The molecular weight excluding hydrogens is 334 g/mol. The summed E-state index contributed by atoms with van der Waals surface area (Å²) in [4.78, 5) is 7.06. The normalized spacial score (nSPS) is 15.1. The van der Waals surface area contributed by atoms with E-state index in [0.29, 0.717) is 6.61 Å². The van der Waals surface area contributed by atoms with E-state index < -0.39 is 0 Å². The van der Waals surface area contributed by atoms with Crippen molar-refractivity contribution in [2.24, 2.45) is 0 Å². The zero-order valence-electron chi connectivity index (χ0n) is 15.7. The van der Waals surface area contributed by atoms with E-state index in [1.165, 1.54) is 37.9 Å². The van der Waals surface area contributed by atoms with Gasteiger partial charge in [-0.05, 0) is 55.8 Å². The van der Waals surface area contributed by atoms with Crippen LogP contribution in [0.3, 0.4) is 0 Å². The third-order valence-corrected chi connectivity index (χ3v) is 5.28. The Balaban J connectivity index is 1.38. The molecule has 2 N–H and O–H groups in total. The highest BCUT2D eigenvalue weighted by Gasteiger charge is 2.11. The first-order valence-corrected chi connectivity index (χ1v) is 9.86. The fraction of sp³-hybridized carbons (Fsp3) is 0.348. The number of ether oxygens (including phenoxy) is 1. The first-order valence-electron chi connectivity index (χ1n) is 9.86. The highest BCUT2D eigenvalue weighted by Crippen LogP contribution is 2.30. The van der Waals surface area contributed by atoms with Gasteiger partial charge in [-0.3, -0.25) is 9.88 Å². The average Bonchev–Trinajstić information content (AvgIpc) is 2.71. The lowest BCUT2D eigenvalue weighted by atomic mass is 10.1. The van der Waals surface area contributed by atoms with Gasteiger partial charge in [-0.25, -0.2) is 0 Å². The first-order chi connectivity index (χ1) is 13.3. The van der Waals surface area contributed by atoms with Crippen LogP contribution in [0.4, 0.5) is 5.69 Å². The van der Waals surface area contributed by atoms with Crippen molar-refractivity contribution < 1.29 is 4.74 Å². The van der Waals surface area contributed by atoms with Gasteiger partial charge in [0.1, 0.15) is 5.75 Å². The van der Waals surface area contributed by atoms with Crippen LogP contribution in [0.2, 0.25) is 0 Å². The molecule has 4 nitrogen and oxygen atoms in total. The summed E-state index contributed by atoms with van der Waals surface area (Å²) >= 11 is 0. The maximum atomic E-state index is 6.08. The largest absolute Gasteiger partial charge is 0.493 e. The molecule has 1 fully saturated rings. The van der Waals surface area contributed by atoms with Crippen molar-refractivity contribution in [3.63, 3.8) is 0 Å². The minimum absolute atomic E-state index is 0.640. The molecule has 4 rings (SSSR count). The number of hydrogen-bond donors (Lipinski definition) is 1. The number of anilines is 1. The van der Waals surface area contributed by atoms with E-state index in [4.69, 9.17) is 10.5 Å². The summed E-state index contributed by atoms with van der Waals surface area (Å²) in [5.41, 5.74) is 9.29. The van der Waals surface area contributed by atoms with E-state index in [1.807, 2.05) is 36.5 Å². The van der Waals surface area contributed by atoms with Gasteiger partial charge in [-0.2, -0.15) is 0 Å². The molecule has 1 saturated heterocycles. The van der Waals surface area contributed by atoms with Crippen molar-refractivity contribution in [1.82, 2.24) is 9.88 Å². The lowest BCUT2D eigenvalue weighted by Crippen LogP contribution is -2.29. The van der Waals surface area contributed by atoms with Gasteiger partial charge >= 0.3 is 0 Å². The second kappa shape index (κ2) is 8.40. The summed E-state index contributed by atoms with van der Waals surface area (Å²) in [6.07, 6.45) is 6.77. The Labute approximate surface area is 161 Å². The van der Waals surface area contributed by atoms with E-state index >= 15 is 0 Å². The fourth-order valence-corrected chi connectivity index (χ4v) is 3.82. The Morgan fingerprint density at radius 2 is 1.78 bits per heavy atom. The first kappa shape index (κ1) is 17.8. The molecule has 1 aliphatic rings. The number of rotatable bonds is 6. The molecule has 2 heterocycles. The van der Waals surface area contributed by atoms with E-state index in [0.717, 1.165) is 40.9 Å². The van der Waals surface area contributed by atoms with E-state index in [-0.39, 0.29) is 0 Å². The van der Waals surface area contributed by atoms with Gasteiger partial charge < -0.3 is 10.5 Å².